The van der Waals surface area contributed by atoms with Gasteiger partial charge in [0.2, 0.25) is 12.2 Å². The van der Waals surface area contributed by atoms with E-state index in [0.717, 1.165) is 6.92 Å². The van der Waals surface area contributed by atoms with Gasteiger partial charge in [-0.15, -0.1) is 0 Å². The van der Waals surface area contributed by atoms with Gasteiger partial charge in [-0.25, -0.2) is 0 Å². The van der Waals surface area contributed by atoms with Gasteiger partial charge >= 0.3 is 17.9 Å². The van der Waals surface area contributed by atoms with Crippen LogP contribution >= 0.6 is 31.9 Å². The zero-order valence-electron chi connectivity index (χ0n) is 19.1. The van der Waals surface area contributed by atoms with Crippen molar-refractivity contribution in [2.45, 2.75) is 58.3 Å². The molecule has 1 aromatic rings. The van der Waals surface area contributed by atoms with Crippen LogP contribution in [0.5, 0.6) is 11.5 Å². The molecule has 34 heavy (non-hydrogen) atoms. The van der Waals surface area contributed by atoms with E-state index in [1.54, 1.807) is 12.1 Å². The molecule has 0 aliphatic carbocycles. The Labute approximate surface area is 213 Å². The first-order chi connectivity index (χ1) is 15.9. The molecule has 0 unspecified atom stereocenters. The summed E-state index contributed by atoms with van der Waals surface area (Å²) in [4.78, 5) is 47.1. The zero-order valence-corrected chi connectivity index (χ0v) is 22.3. The monoisotopic (exact) mass is 609 g/mol. The number of carbonyl (C=O) groups is 4. The Balaban J connectivity index is 2.51. The van der Waals surface area contributed by atoms with Crippen molar-refractivity contribution in [3.63, 3.8) is 0 Å². The Hall–Kier alpha value is -2.38. The third-order valence-electron chi connectivity index (χ3n) is 4.52. The van der Waals surface area contributed by atoms with Gasteiger partial charge < -0.3 is 33.7 Å². The summed E-state index contributed by atoms with van der Waals surface area (Å²) in [7, 11) is 1.50. The minimum atomic E-state index is -1.24. The second-order valence-electron chi connectivity index (χ2n) is 7.25. The van der Waals surface area contributed by atoms with Gasteiger partial charge in [-0.05, 0) is 44.0 Å². The molecule has 1 N–H and O–H groups in total. The first-order valence-electron chi connectivity index (χ1n) is 10.0. The van der Waals surface area contributed by atoms with Crippen LogP contribution in [0.2, 0.25) is 0 Å². The van der Waals surface area contributed by atoms with Gasteiger partial charge in [0.15, 0.2) is 12.2 Å². The van der Waals surface area contributed by atoms with Crippen molar-refractivity contribution in [2.75, 3.05) is 13.7 Å². The molecule has 5 atom stereocenters. The largest absolute Gasteiger partial charge is 0.496 e. The number of hydrogen-bond donors (Lipinski definition) is 1. The van der Waals surface area contributed by atoms with Gasteiger partial charge in [0.25, 0.3) is 0 Å². The van der Waals surface area contributed by atoms with Crippen LogP contribution in [0.25, 0.3) is 0 Å². The summed E-state index contributed by atoms with van der Waals surface area (Å²) >= 11 is 6.77. The highest BCUT2D eigenvalue weighted by molar-refractivity contribution is 9.11. The Morgan fingerprint density at radius 3 is 2.00 bits per heavy atom. The van der Waals surface area contributed by atoms with Crippen LogP contribution in [0.15, 0.2) is 21.1 Å². The fourth-order valence-electron chi connectivity index (χ4n) is 3.27. The van der Waals surface area contributed by atoms with Crippen LogP contribution in [-0.4, -0.2) is 68.2 Å². The minimum absolute atomic E-state index is 0.298. The van der Waals surface area contributed by atoms with E-state index in [4.69, 9.17) is 28.4 Å². The van der Waals surface area contributed by atoms with E-state index >= 15 is 0 Å². The molecule has 1 aliphatic heterocycles. The van der Waals surface area contributed by atoms with Crippen molar-refractivity contribution in [3.05, 3.63) is 21.1 Å². The maximum Gasteiger partial charge on any atom is 0.303 e. The molecule has 1 saturated heterocycles. The zero-order chi connectivity index (χ0) is 25.6. The molecule has 0 radical (unpaired) electrons. The fraction of sp³-hybridized carbons (Fsp3) is 0.524. The van der Waals surface area contributed by atoms with Crippen molar-refractivity contribution in [1.82, 2.24) is 5.32 Å². The molecule has 0 bridgehead atoms. The Morgan fingerprint density at radius 1 is 0.912 bits per heavy atom. The molecule has 1 fully saturated rings. The topological polar surface area (TPSA) is 136 Å². The number of methoxy groups -OCH3 is 1. The molecule has 2 rings (SSSR count). The standard InChI is InChI=1S/C21H25Br2NO10/c1-9(25)24-18-20(32-12(4)28)19(31-11(3)27)17(8-30-10(2)26)34-21(18)33-16-7-13(22)15(29-5)6-14(16)23/h6-7,17-21H,8H2,1-5H3,(H,24,25)/t17-,18-,19-,20-,21-/m1/s1. The predicted octanol–water partition coefficient (Wildman–Crippen LogP) is 2.26. The second-order valence-corrected chi connectivity index (χ2v) is 8.96. The van der Waals surface area contributed by atoms with Crippen molar-refractivity contribution in [1.29, 1.82) is 0 Å². The summed E-state index contributed by atoms with van der Waals surface area (Å²) in [5.41, 5.74) is 0. The lowest BCUT2D eigenvalue weighted by molar-refractivity contribution is -0.257. The number of hydrogen-bond acceptors (Lipinski definition) is 10. The van der Waals surface area contributed by atoms with Crippen molar-refractivity contribution in [3.8, 4) is 11.5 Å². The molecule has 0 aromatic heterocycles. The first-order valence-corrected chi connectivity index (χ1v) is 11.6. The minimum Gasteiger partial charge on any atom is -0.496 e. The summed E-state index contributed by atoms with van der Waals surface area (Å²) in [6, 6.07) is 2.17. The number of ether oxygens (including phenoxy) is 6. The number of nitrogens with one attached hydrogen (secondary N) is 1. The van der Waals surface area contributed by atoms with E-state index in [1.165, 1.54) is 27.9 Å². The molecule has 0 saturated carbocycles. The van der Waals surface area contributed by atoms with Gasteiger partial charge in [-0.1, -0.05) is 0 Å². The van der Waals surface area contributed by atoms with Gasteiger partial charge in [0.05, 0.1) is 16.1 Å². The number of amides is 1. The van der Waals surface area contributed by atoms with Gasteiger partial charge in [0.1, 0.15) is 30.3 Å². The van der Waals surface area contributed by atoms with Crippen LogP contribution in [0.1, 0.15) is 27.7 Å². The smallest absolute Gasteiger partial charge is 0.303 e. The van der Waals surface area contributed by atoms with Gasteiger partial charge in [0, 0.05) is 27.7 Å². The third-order valence-corrected chi connectivity index (χ3v) is 5.76. The summed E-state index contributed by atoms with van der Waals surface area (Å²) in [6.45, 7) is 4.46. The Bertz CT molecular complexity index is 940. The van der Waals surface area contributed by atoms with E-state index in [2.05, 4.69) is 37.2 Å². The fourth-order valence-corrected chi connectivity index (χ4v) is 4.17. The van der Waals surface area contributed by atoms with Crippen LogP contribution in [0, 0.1) is 0 Å². The van der Waals surface area contributed by atoms with Crippen LogP contribution in [0.3, 0.4) is 0 Å². The lowest BCUT2D eigenvalue weighted by atomic mass is 9.96. The number of esters is 3. The second kappa shape index (κ2) is 12.4. The van der Waals surface area contributed by atoms with Crippen LogP contribution < -0.4 is 14.8 Å². The first kappa shape index (κ1) is 27.9. The number of halogens is 2. The number of rotatable bonds is 8. The summed E-state index contributed by atoms with van der Waals surface area (Å²) in [5.74, 6) is -1.64. The van der Waals surface area contributed by atoms with Crippen LogP contribution in [-0.2, 0) is 38.1 Å². The van der Waals surface area contributed by atoms with Crippen molar-refractivity contribution < 1.29 is 47.6 Å². The molecule has 188 valence electrons. The number of carbonyl (C=O) groups excluding carboxylic acids is 4. The van der Waals surface area contributed by atoms with E-state index in [-0.39, 0.29) is 6.61 Å². The molecular weight excluding hydrogens is 586 g/mol. The van der Waals surface area contributed by atoms with Gasteiger partial charge in [-0.3, -0.25) is 19.2 Å². The quantitative estimate of drug-likeness (QED) is 0.345. The maximum atomic E-state index is 12.0. The Kier molecular flexibility index (Phi) is 10.1. The average molecular weight is 611 g/mol. The van der Waals surface area contributed by atoms with Crippen molar-refractivity contribution in [2.24, 2.45) is 0 Å². The van der Waals surface area contributed by atoms with E-state index in [0.29, 0.717) is 20.4 Å². The van der Waals surface area contributed by atoms with E-state index in [1.807, 2.05) is 0 Å². The lowest BCUT2D eigenvalue weighted by Gasteiger charge is -2.44. The maximum absolute atomic E-state index is 12.0. The summed E-state index contributed by atoms with van der Waals surface area (Å²) in [5, 5.41) is 2.64. The van der Waals surface area contributed by atoms with Crippen LogP contribution in [0.4, 0.5) is 0 Å². The highest BCUT2D eigenvalue weighted by Crippen LogP contribution is 2.38. The third kappa shape index (κ3) is 7.57. The molecule has 1 aromatic carbocycles. The molecule has 13 heteroatoms. The summed E-state index contributed by atoms with van der Waals surface area (Å²) < 4.78 is 34.2. The highest BCUT2D eigenvalue weighted by Gasteiger charge is 2.52. The molecular formula is C21H25Br2NO10. The SMILES string of the molecule is COc1cc(Br)c(O[C@@H]2O[C@H](COC(C)=O)[C@@H](OC(C)=O)[C@H](OC(C)=O)[C@H]2NC(C)=O)cc1Br. The number of benzene rings is 1. The lowest BCUT2D eigenvalue weighted by Crippen LogP contribution is -2.67. The molecule has 11 nitrogen and oxygen atoms in total. The Morgan fingerprint density at radius 2 is 1.47 bits per heavy atom. The molecule has 1 aliphatic rings. The van der Waals surface area contributed by atoms with Crippen molar-refractivity contribution >= 4 is 55.7 Å². The molecule has 1 amide bonds. The van der Waals surface area contributed by atoms with E-state index in [9.17, 15) is 19.2 Å². The van der Waals surface area contributed by atoms with Gasteiger partial charge in [-0.2, -0.15) is 0 Å². The molecule has 1 heterocycles. The summed E-state index contributed by atoms with van der Waals surface area (Å²) in [6.07, 6.45) is -4.74. The van der Waals surface area contributed by atoms with E-state index < -0.39 is 54.5 Å². The average Bonchev–Trinajstić information content (AvgIpc) is 2.72. The predicted molar refractivity (Wildman–Crippen MR) is 123 cm³/mol. The molecule has 0 spiro atoms. The normalized spacial score (nSPS) is 23.9. The highest BCUT2D eigenvalue weighted by atomic mass is 79.9.